The Morgan fingerprint density at radius 1 is 1.20 bits per heavy atom. The minimum atomic E-state index is 0.427. The molecular weight excluding hydrogens is 122 g/mol. The molecule has 1 aliphatic carbocycles. The van der Waals surface area contributed by atoms with Crippen LogP contribution < -0.4 is 5.73 Å². The molecule has 0 amide bonds. The van der Waals surface area contributed by atoms with Gasteiger partial charge in [0.2, 0.25) is 0 Å². The zero-order valence-electron chi connectivity index (χ0n) is 7.35. The van der Waals surface area contributed by atoms with Gasteiger partial charge in [-0.25, -0.2) is 0 Å². The largest absolute Gasteiger partial charge is 0.327 e. The Labute approximate surface area is 64.0 Å². The number of hydrogen-bond donors (Lipinski definition) is 1. The molecule has 1 rings (SSSR count). The second kappa shape index (κ2) is 2.54. The van der Waals surface area contributed by atoms with Crippen LogP contribution in [0.15, 0.2) is 0 Å². The minimum Gasteiger partial charge on any atom is -0.327 e. The zero-order valence-corrected chi connectivity index (χ0v) is 7.35. The van der Waals surface area contributed by atoms with Gasteiger partial charge in [-0.05, 0) is 24.2 Å². The summed E-state index contributed by atoms with van der Waals surface area (Å²) < 4.78 is 0. The molecule has 0 heterocycles. The highest BCUT2D eigenvalue weighted by molar-refractivity contribution is 4.87. The summed E-state index contributed by atoms with van der Waals surface area (Å²) in [4.78, 5) is 0. The lowest BCUT2D eigenvalue weighted by molar-refractivity contribution is 0.224. The maximum atomic E-state index is 5.97. The third-order valence-electron chi connectivity index (χ3n) is 2.68. The van der Waals surface area contributed by atoms with Gasteiger partial charge in [0, 0.05) is 6.04 Å². The fraction of sp³-hybridized carbons (Fsp3) is 1.00. The molecule has 2 N–H and O–H groups in total. The molecule has 1 saturated carbocycles. The van der Waals surface area contributed by atoms with Crippen molar-refractivity contribution < 1.29 is 0 Å². The van der Waals surface area contributed by atoms with Gasteiger partial charge in [-0.1, -0.05) is 27.2 Å². The van der Waals surface area contributed by atoms with Crippen LogP contribution in [0.3, 0.4) is 0 Å². The fourth-order valence-corrected chi connectivity index (χ4v) is 2.06. The van der Waals surface area contributed by atoms with E-state index in [-0.39, 0.29) is 0 Å². The molecule has 0 saturated heterocycles. The molecule has 2 atom stereocenters. The van der Waals surface area contributed by atoms with Crippen LogP contribution in [0.5, 0.6) is 0 Å². The van der Waals surface area contributed by atoms with E-state index in [0.29, 0.717) is 11.5 Å². The van der Waals surface area contributed by atoms with Crippen LogP contribution >= 0.6 is 0 Å². The third kappa shape index (κ3) is 1.51. The Morgan fingerprint density at radius 2 is 1.80 bits per heavy atom. The van der Waals surface area contributed by atoms with Crippen molar-refractivity contribution in [1.29, 1.82) is 0 Å². The monoisotopic (exact) mass is 141 g/mol. The highest BCUT2D eigenvalue weighted by Crippen LogP contribution is 2.38. The molecule has 60 valence electrons. The van der Waals surface area contributed by atoms with Crippen molar-refractivity contribution in [1.82, 2.24) is 0 Å². The van der Waals surface area contributed by atoms with Crippen LogP contribution in [0.25, 0.3) is 0 Å². The Morgan fingerprint density at radius 3 is 2.00 bits per heavy atom. The smallest absolute Gasteiger partial charge is 0.00721 e. The Balaban J connectivity index is 2.55. The van der Waals surface area contributed by atoms with Gasteiger partial charge in [-0.15, -0.1) is 0 Å². The summed E-state index contributed by atoms with van der Waals surface area (Å²) in [5.41, 5.74) is 6.39. The van der Waals surface area contributed by atoms with Crippen molar-refractivity contribution in [3.05, 3.63) is 0 Å². The lowest BCUT2D eigenvalue weighted by Crippen LogP contribution is -2.33. The maximum absolute atomic E-state index is 5.97. The molecule has 1 heteroatoms. The Hall–Kier alpha value is -0.0400. The molecule has 0 aromatic heterocycles. The Kier molecular flexibility index (Phi) is 2.04. The molecule has 0 spiro atoms. The van der Waals surface area contributed by atoms with Crippen molar-refractivity contribution in [3.63, 3.8) is 0 Å². The molecule has 0 aromatic rings. The van der Waals surface area contributed by atoms with Crippen LogP contribution in [-0.2, 0) is 0 Å². The van der Waals surface area contributed by atoms with Gasteiger partial charge in [0.05, 0.1) is 0 Å². The van der Waals surface area contributed by atoms with Gasteiger partial charge in [0.1, 0.15) is 0 Å². The topological polar surface area (TPSA) is 26.0 Å². The van der Waals surface area contributed by atoms with E-state index in [4.69, 9.17) is 5.73 Å². The SMILES string of the molecule is CC(C)(C)[C@@H]1CCC[C@H]1N. The van der Waals surface area contributed by atoms with Crippen LogP contribution in [0.1, 0.15) is 40.0 Å². The molecule has 1 fully saturated rings. The van der Waals surface area contributed by atoms with Crippen molar-refractivity contribution in [2.75, 3.05) is 0 Å². The van der Waals surface area contributed by atoms with Crippen LogP contribution in [-0.4, -0.2) is 6.04 Å². The van der Waals surface area contributed by atoms with Gasteiger partial charge in [0.15, 0.2) is 0 Å². The van der Waals surface area contributed by atoms with E-state index in [9.17, 15) is 0 Å². The minimum absolute atomic E-state index is 0.427. The van der Waals surface area contributed by atoms with Crippen molar-refractivity contribution >= 4 is 0 Å². The van der Waals surface area contributed by atoms with E-state index >= 15 is 0 Å². The normalized spacial score (nSPS) is 34.8. The van der Waals surface area contributed by atoms with E-state index in [1.807, 2.05) is 0 Å². The highest BCUT2D eigenvalue weighted by Gasteiger charge is 2.33. The van der Waals surface area contributed by atoms with E-state index in [2.05, 4.69) is 20.8 Å². The molecule has 0 radical (unpaired) electrons. The average Bonchev–Trinajstić information content (AvgIpc) is 2.11. The first-order valence-electron chi connectivity index (χ1n) is 4.27. The van der Waals surface area contributed by atoms with Gasteiger partial charge in [0.25, 0.3) is 0 Å². The van der Waals surface area contributed by atoms with Crippen molar-refractivity contribution in [2.24, 2.45) is 17.1 Å². The fourth-order valence-electron chi connectivity index (χ4n) is 2.06. The quantitative estimate of drug-likeness (QED) is 0.549. The lowest BCUT2D eigenvalue weighted by atomic mass is 9.78. The van der Waals surface area contributed by atoms with Gasteiger partial charge in [-0.3, -0.25) is 0 Å². The van der Waals surface area contributed by atoms with Gasteiger partial charge >= 0.3 is 0 Å². The second-order valence-electron chi connectivity index (χ2n) is 4.57. The highest BCUT2D eigenvalue weighted by atomic mass is 14.7. The standard InChI is InChI=1S/C9H19N/c1-9(2,3)7-5-4-6-8(7)10/h7-8H,4-6,10H2,1-3H3/t7-,8-/m1/s1. The summed E-state index contributed by atoms with van der Waals surface area (Å²) in [6.45, 7) is 6.88. The van der Waals surface area contributed by atoms with E-state index in [0.717, 1.165) is 5.92 Å². The van der Waals surface area contributed by atoms with E-state index in [1.165, 1.54) is 19.3 Å². The molecule has 0 aliphatic heterocycles. The zero-order chi connectivity index (χ0) is 7.78. The van der Waals surface area contributed by atoms with Crippen molar-refractivity contribution in [3.8, 4) is 0 Å². The summed E-state index contributed by atoms with van der Waals surface area (Å²) in [6, 6.07) is 0.472. The van der Waals surface area contributed by atoms with Crippen LogP contribution in [0.4, 0.5) is 0 Å². The van der Waals surface area contributed by atoms with Crippen molar-refractivity contribution in [2.45, 2.75) is 46.1 Å². The summed E-state index contributed by atoms with van der Waals surface area (Å²) in [5, 5.41) is 0. The molecule has 0 unspecified atom stereocenters. The first-order chi connectivity index (χ1) is 4.52. The number of rotatable bonds is 0. The predicted octanol–water partition coefficient (Wildman–Crippen LogP) is 2.16. The molecular formula is C9H19N. The lowest BCUT2D eigenvalue weighted by Gasteiger charge is -2.30. The van der Waals surface area contributed by atoms with E-state index < -0.39 is 0 Å². The molecule has 1 nitrogen and oxygen atoms in total. The third-order valence-corrected chi connectivity index (χ3v) is 2.68. The first-order valence-corrected chi connectivity index (χ1v) is 4.27. The van der Waals surface area contributed by atoms with Crippen LogP contribution in [0.2, 0.25) is 0 Å². The number of nitrogens with two attached hydrogens (primary N) is 1. The summed E-state index contributed by atoms with van der Waals surface area (Å²) >= 11 is 0. The molecule has 0 bridgehead atoms. The Bertz CT molecular complexity index is 112. The first kappa shape index (κ1) is 8.06. The summed E-state index contributed by atoms with van der Waals surface area (Å²) in [6.07, 6.45) is 3.91. The van der Waals surface area contributed by atoms with E-state index in [1.54, 1.807) is 0 Å². The average molecular weight is 141 g/mol. The summed E-state index contributed by atoms with van der Waals surface area (Å²) in [7, 11) is 0. The van der Waals surface area contributed by atoms with Crippen LogP contribution in [0, 0.1) is 11.3 Å². The molecule has 1 aliphatic rings. The molecule has 0 aromatic carbocycles. The predicted molar refractivity (Wildman–Crippen MR) is 44.8 cm³/mol. The molecule has 10 heavy (non-hydrogen) atoms. The second-order valence-corrected chi connectivity index (χ2v) is 4.57. The summed E-state index contributed by atoms with van der Waals surface area (Å²) in [5.74, 6) is 0.757. The van der Waals surface area contributed by atoms with Gasteiger partial charge < -0.3 is 5.73 Å². The maximum Gasteiger partial charge on any atom is 0.00721 e. The number of hydrogen-bond acceptors (Lipinski definition) is 1. The van der Waals surface area contributed by atoms with Gasteiger partial charge in [-0.2, -0.15) is 0 Å².